The highest BCUT2D eigenvalue weighted by molar-refractivity contribution is 6.78. The van der Waals surface area contributed by atoms with Crippen LogP contribution in [-0.2, 0) is 5.41 Å². The first kappa shape index (κ1) is 19.0. The molecule has 26 heavy (non-hydrogen) atoms. The summed E-state index contributed by atoms with van der Waals surface area (Å²) in [5, 5.41) is 0. The first-order valence-electron chi connectivity index (χ1n) is 9.54. The fraction of sp³-hybridized carbons (Fsp3) is 0.417. The quantitative estimate of drug-likeness (QED) is 0.552. The van der Waals surface area contributed by atoms with Crippen LogP contribution in [0.3, 0.4) is 0 Å². The summed E-state index contributed by atoms with van der Waals surface area (Å²) < 4.78 is 5.86. The molecule has 2 aromatic rings. The monoisotopic (exact) mass is 364 g/mol. The molecule has 1 atom stereocenters. The highest BCUT2D eigenvalue weighted by atomic mass is 28.3. The zero-order valence-electron chi connectivity index (χ0n) is 17.5. The van der Waals surface area contributed by atoms with Gasteiger partial charge in [0.15, 0.2) is 0 Å². The molecule has 0 N–H and O–H groups in total. The van der Waals surface area contributed by atoms with Crippen molar-refractivity contribution in [1.82, 2.24) is 0 Å². The SMILES string of the molecule is COc1c(C)cc(C)cc1C(C)(C)C1=Cc2ccccc2C1[Si](C)(C)C. The summed E-state index contributed by atoms with van der Waals surface area (Å²) in [5.41, 5.74) is 8.74. The topological polar surface area (TPSA) is 9.23 Å². The van der Waals surface area contributed by atoms with Gasteiger partial charge in [0, 0.05) is 16.5 Å². The van der Waals surface area contributed by atoms with Gasteiger partial charge in [0.05, 0.1) is 15.2 Å². The number of hydrogen-bond donors (Lipinski definition) is 0. The lowest BCUT2D eigenvalue weighted by Gasteiger charge is -2.38. The molecule has 0 aromatic heterocycles. The number of benzene rings is 2. The van der Waals surface area contributed by atoms with Crippen LogP contribution in [0, 0.1) is 13.8 Å². The zero-order valence-corrected chi connectivity index (χ0v) is 18.5. The fourth-order valence-electron chi connectivity index (χ4n) is 4.64. The maximum absolute atomic E-state index is 5.86. The van der Waals surface area contributed by atoms with Gasteiger partial charge in [0.25, 0.3) is 0 Å². The molecule has 0 aliphatic heterocycles. The van der Waals surface area contributed by atoms with Crippen LogP contribution < -0.4 is 4.74 Å². The maximum atomic E-state index is 5.86. The minimum absolute atomic E-state index is 0.0773. The molecule has 0 amide bonds. The highest BCUT2D eigenvalue weighted by Gasteiger charge is 2.43. The Kier molecular flexibility index (Phi) is 4.68. The van der Waals surface area contributed by atoms with E-state index in [1.54, 1.807) is 12.7 Å². The van der Waals surface area contributed by atoms with E-state index in [0.717, 1.165) is 5.75 Å². The minimum atomic E-state index is -1.45. The van der Waals surface area contributed by atoms with E-state index in [0.29, 0.717) is 5.54 Å². The van der Waals surface area contributed by atoms with E-state index in [-0.39, 0.29) is 5.41 Å². The van der Waals surface area contributed by atoms with E-state index in [2.05, 4.69) is 89.8 Å². The fourth-order valence-corrected chi connectivity index (χ4v) is 7.22. The van der Waals surface area contributed by atoms with Crippen LogP contribution in [0.4, 0.5) is 0 Å². The second-order valence-electron chi connectivity index (χ2n) is 9.32. The Balaban J connectivity index is 2.22. The number of ether oxygens (including phenoxy) is 1. The van der Waals surface area contributed by atoms with Crippen molar-refractivity contribution in [3.8, 4) is 5.75 Å². The Morgan fingerprint density at radius 2 is 1.65 bits per heavy atom. The number of aryl methyl sites for hydroxylation is 2. The molecule has 138 valence electrons. The molecule has 1 nitrogen and oxygen atoms in total. The van der Waals surface area contributed by atoms with E-state index in [1.807, 2.05) is 0 Å². The van der Waals surface area contributed by atoms with Gasteiger partial charge in [0.1, 0.15) is 5.75 Å². The molecule has 3 rings (SSSR count). The lowest BCUT2D eigenvalue weighted by molar-refractivity contribution is 0.396. The van der Waals surface area contributed by atoms with E-state index in [9.17, 15) is 0 Å². The molecule has 1 aliphatic carbocycles. The van der Waals surface area contributed by atoms with Crippen molar-refractivity contribution < 1.29 is 4.74 Å². The average Bonchev–Trinajstić information content (AvgIpc) is 2.94. The first-order chi connectivity index (χ1) is 12.1. The zero-order chi connectivity index (χ0) is 19.3. The van der Waals surface area contributed by atoms with Gasteiger partial charge in [0.2, 0.25) is 0 Å². The van der Waals surface area contributed by atoms with Gasteiger partial charge in [-0.15, -0.1) is 0 Å². The van der Waals surface area contributed by atoms with Gasteiger partial charge < -0.3 is 4.74 Å². The summed E-state index contributed by atoms with van der Waals surface area (Å²) in [6, 6.07) is 13.5. The summed E-state index contributed by atoms with van der Waals surface area (Å²) in [6.45, 7) is 16.5. The van der Waals surface area contributed by atoms with Crippen LogP contribution in [0.25, 0.3) is 6.08 Å². The molecular formula is C24H32OSi. The Morgan fingerprint density at radius 3 is 2.27 bits per heavy atom. The van der Waals surface area contributed by atoms with Gasteiger partial charge in [-0.1, -0.05) is 87.1 Å². The van der Waals surface area contributed by atoms with Crippen LogP contribution in [-0.4, -0.2) is 15.2 Å². The maximum Gasteiger partial charge on any atom is 0.125 e. The van der Waals surface area contributed by atoms with Gasteiger partial charge in [-0.05, 0) is 30.5 Å². The van der Waals surface area contributed by atoms with Crippen LogP contribution in [0.2, 0.25) is 19.6 Å². The van der Waals surface area contributed by atoms with Gasteiger partial charge in [-0.3, -0.25) is 0 Å². The lowest BCUT2D eigenvalue weighted by Crippen LogP contribution is -2.37. The Morgan fingerprint density at radius 1 is 1.00 bits per heavy atom. The summed E-state index contributed by atoms with van der Waals surface area (Å²) in [4.78, 5) is 0. The standard InChI is InChI=1S/C24H32OSi/c1-16-13-17(2)22(25-5)20(14-16)24(3,4)21-15-18-11-9-10-12-19(18)23(21)26(6,7)8/h9-15,23H,1-8H3. The predicted molar refractivity (Wildman–Crippen MR) is 116 cm³/mol. The van der Waals surface area contributed by atoms with Crippen molar-refractivity contribution in [2.24, 2.45) is 0 Å². The second kappa shape index (κ2) is 6.42. The minimum Gasteiger partial charge on any atom is -0.496 e. The Labute approximate surface area is 160 Å². The third-order valence-corrected chi connectivity index (χ3v) is 8.17. The molecule has 1 unspecified atom stereocenters. The van der Waals surface area contributed by atoms with Crippen molar-refractivity contribution in [2.45, 2.75) is 58.3 Å². The van der Waals surface area contributed by atoms with Crippen LogP contribution in [0.15, 0.2) is 42.0 Å². The largest absolute Gasteiger partial charge is 0.496 e. The molecule has 0 spiro atoms. The van der Waals surface area contributed by atoms with Crippen LogP contribution in [0.5, 0.6) is 5.75 Å². The molecular weight excluding hydrogens is 332 g/mol. The summed E-state index contributed by atoms with van der Waals surface area (Å²) in [6.07, 6.45) is 2.45. The van der Waals surface area contributed by atoms with Crippen molar-refractivity contribution >= 4 is 14.1 Å². The normalized spacial score (nSPS) is 17.1. The molecule has 0 heterocycles. The average molecular weight is 365 g/mol. The van der Waals surface area contributed by atoms with E-state index in [1.165, 1.54) is 27.8 Å². The second-order valence-corrected chi connectivity index (χ2v) is 14.6. The van der Waals surface area contributed by atoms with E-state index < -0.39 is 8.07 Å². The van der Waals surface area contributed by atoms with Crippen molar-refractivity contribution in [1.29, 1.82) is 0 Å². The number of rotatable bonds is 4. The predicted octanol–water partition coefficient (Wildman–Crippen LogP) is 6.65. The molecule has 2 heteroatoms. The Hall–Kier alpha value is -1.80. The number of fused-ring (bicyclic) bond motifs is 1. The lowest BCUT2D eigenvalue weighted by atomic mass is 9.75. The third kappa shape index (κ3) is 3.05. The van der Waals surface area contributed by atoms with Gasteiger partial charge in [-0.25, -0.2) is 0 Å². The third-order valence-electron chi connectivity index (χ3n) is 5.81. The van der Waals surface area contributed by atoms with Crippen LogP contribution >= 0.6 is 0 Å². The molecule has 0 saturated heterocycles. The smallest absolute Gasteiger partial charge is 0.125 e. The van der Waals surface area contributed by atoms with Crippen molar-refractivity contribution in [3.05, 3.63) is 69.8 Å². The van der Waals surface area contributed by atoms with Crippen LogP contribution in [0.1, 0.15) is 47.2 Å². The summed E-state index contributed by atoms with van der Waals surface area (Å²) >= 11 is 0. The van der Waals surface area contributed by atoms with E-state index >= 15 is 0 Å². The molecule has 0 saturated carbocycles. The molecule has 0 bridgehead atoms. The van der Waals surface area contributed by atoms with Gasteiger partial charge >= 0.3 is 0 Å². The number of allylic oxidation sites excluding steroid dienone is 1. The number of hydrogen-bond acceptors (Lipinski definition) is 1. The molecule has 0 fully saturated rings. The first-order valence-corrected chi connectivity index (χ1v) is 13.1. The molecule has 0 radical (unpaired) electrons. The van der Waals surface area contributed by atoms with Gasteiger partial charge in [-0.2, -0.15) is 0 Å². The molecule has 2 aromatic carbocycles. The Bertz CT molecular complexity index is 868. The number of methoxy groups -OCH3 is 1. The van der Waals surface area contributed by atoms with Crippen molar-refractivity contribution in [3.63, 3.8) is 0 Å². The van der Waals surface area contributed by atoms with Crippen molar-refractivity contribution in [2.75, 3.05) is 7.11 Å². The van der Waals surface area contributed by atoms with E-state index in [4.69, 9.17) is 4.74 Å². The molecule has 1 aliphatic rings. The summed E-state index contributed by atoms with van der Waals surface area (Å²) in [5.74, 6) is 1.03. The highest BCUT2D eigenvalue weighted by Crippen LogP contribution is 2.52. The summed E-state index contributed by atoms with van der Waals surface area (Å²) in [7, 11) is 0.352.